The van der Waals surface area contributed by atoms with Crippen LogP contribution in [0, 0.1) is 20.8 Å². The summed E-state index contributed by atoms with van der Waals surface area (Å²) in [6.45, 7) is 9.69. The van der Waals surface area contributed by atoms with Crippen molar-refractivity contribution in [2.24, 2.45) is 0 Å². The number of aryl methyl sites for hydroxylation is 3. The molecule has 0 fully saturated rings. The molecule has 0 amide bonds. The molecule has 1 rings (SSSR count). The Labute approximate surface area is 105 Å². The van der Waals surface area contributed by atoms with Gasteiger partial charge in [0.25, 0.3) is 0 Å². The van der Waals surface area contributed by atoms with Crippen molar-refractivity contribution in [2.75, 3.05) is 5.32 Å². The maximum atomic E-state index is 11.0. The summed E-state index contributed by atoms with van der Waals surface area (Å²) in [4.78, 5) is 11.0. The van der Waals surface area contributed by atoms with Gasteiger partial charge in [-0.1, -0.05) is 25.1 Å². The summed E-state index contributed by atoms with van der Waals surface area (Å²) >= 11 is 0. The normalized spacial score (nSPS) is 10.8. The maximum absolute atomic E-state index is 11.0. The van der Waals surface area contributed by atoms with E-state index in [1.165, 1.54) is 16.7 Å². The molecule has 2 heteroatoms. The third kappa shape index (κ3) is 4.43. The Morgan fingerprint density at radius 2 is 1.59 bits per heavy atom. The molecule has 0 atom stereocenters. The SMILES string of the molecule is C.CC(=O)/C=C(/C)Nc1c(C)cc(C)cc1C. The second-order valence-electron chi connectivity index (χ2n) is 4.34. The summed E-state index contributed by atoms with van der Waals surface area (Å²) in [5, 5.41) is 3.28. The number of nitrogens with one attached hydrogen (secondary N) is 1. The zero-order valence-corrected chi connectivity index (χ0v) is 10.6. The number of carbonyl (C=O) groups is 1. The highest BCUT2D eigenvalue weighted by Gasteiger charge is 2.03. The molecule has 0 aliphatic rings. The number of hydrogen-bond donors (Lipinski definition) is 1. The van der Waals surface area contributed by atoms with Gasteiger partial charge in [-0.05, 0) is 51.8 Å². The number of anilines is 1. The van der Waals surface area contributed by atoms with Gasteiger partial charge in [-0.15, -0.1) is 0 Å². The summed E-state index contributed by atoms with van der Waals surface area (Å²) in [5.74, 6) is 0.0624. The van der Waals surface area contributed by atoms with Crippen molar-refractivity contribution < 1.29 is 4.79 Å². The highest BCUT2D eigenvalue weighted by Crippen LogP contribution is 2.23. The lowest BCUT2D eigenvalue weighted by molar-refractivity contribution is -0.112. The molecule has 0 saturated carbocycles. The molecule has 0 spiro atoms. The highest BCUT2D eigenvalue weighted by atomic mass is 16.1. The molecule has 17 heavy (non-hydrogen) atoms. The van der Waals surface area contributed by atoms with E-state index in [4.69, 9.17) is 0 Å². The fourth-order valence-electron chi connectivity index (χ4n) is 1.92. The van der Waals surface area contributed by atoms with E-state index >= 15 is 0 Å². The van der Waals surface area contributed by atoms with Gasteiger partial charge in [0, 0.05) is 11.4 Å². The monoisotopic (exact) mass is 233 g/mol. The molecule has 0 heterocycles. The fourth-order valence-corrected chi connectivity index (χ4v) is 1.92. The summed E-state index contributed by atoms with van der Waals surface area (Å²) < 4.78 is 0. The van der Waals surface area contributed by atoms with Crippen molar-refractivity contribution in [1.82, 2.24) is 0 Å². The molecule has 0 saturated heterocycles. The number of benzene rings is 1. The van der Waals surface area contributed by atoms with Gasteiger partial charge in [0.2, 0.25) is 0 Å². The largest absolute Gasteiger partial charge is 0.359 e. The quantitative estimate of drug-likeness (QED) is 0.794. The van der Waals surface area contributed by atoms with Gasteiger partial charge in [0.05, 0.1) is 0 Å². The molecule has 0 aromatic heterocycles. The Bertz CT molecular complexity index is 421. The van der Waals surface area contributed by atoms with Crippen LogP contribution in [-0.2, 0) is 4.79 Å². The standard InChI is InChI=1S/C14H19NO.CH4/c1-9-6-10(2)14(11(3)7-9)15-12(4)8-13(5)16;/h6-8,15H,1-5H3;1H4/b12-8-;. The first-order chi connectivity index (χ1) is 7.40. The van der Waals surface area contributed by atoms with Crippen LogP contribution in [0.5, 0.6) is 0 Å². The summed E-state index contributed by atoms with van der Waals surface area (Å²) in [7, 11) is 0. The van der Waals surface area contributed by atoms with Gasteiger partial charge in [0.15, 0.2) is 5.78 Å². The van der Waals surface area contributed by atoms with Crippen LogP contribution in [0.15, 0.2) is 23.9 Å². The first kappa shape index (κ1) is 15.4. The Balaban J connectivity index is 0.00000256. The fraction of sp³-hybridized carbons (Fsp3) is 0.400. The molecule has 1 aromatic carbocycles. The average Bonchev–Trinajstić information content (AvgIpc) is 2.09. The number of rotatable bonds is 3. The molecule has 0 unspecified atom stereocenters. The highest BCUT2D eigenvalue weighted by molar-refractivity contribution is 5.88. The van der Waals surface area contributed by atoms with Crippen molar-refractivity contribution in [1.29, 1.82) is 0 Å². The molecule has 0 radical (unpaired) electrons. The molecule has 94 valence electrons. The minimum Gasteiger partial charge on any atom is -0.359 e. The number of carbonyl (C=O) groups excluding carboxylic acids is 1. The van der Waals surface area contributed by atoms with Crippen LogP contribution >= 0.6 is 0 Å². The van der Waals surface area contributed by atoms with Crippen LogP contribution in [0.4, 0.5) is 5.69 Å². The lowest BCUT2D eigenvalue weighted by Crippen LogP contribution is -2.02. The topological polar surface area (TPSA) is 29.1 Å². The summed E-state index contributed by atoms with van der Waals surface area (Å²) in [6, 6.07) is 4.27. The minimum atomic E-state index is 0. The third-order valence-corrected chi connectivity index (χ3v) is 2.42. The van der Waals surface area contributed by atoms with Crippen LogP contribution in [0.1, 0.15) is 38.0 Å². The van der Waals surface area contributed by atoms with E-state index in [0.29, 0.717) is 0 Å². The summed E-state index contributed by atoms with van der Waals surface area (Å²) in [6.07, 6.45) is 1.61. The first-order valence-corrected chi connectivity index (χ1v) is 5.44. The van der Waals surface area contributed by atoms with E-state index in [1.54, 1.807) is 13.0 Å². The zero-order chi connectivity index (χ0) is 12.3. The Hall–Kier alpha value is -1.57. The number of hydrogen-bond acceptors (Lipinski definition) is 2. The van der Waals surface area contributed by atoms with E-state index in [0.717, 1.165) is 11.4 Å². The third-order valence-electron chi connectivity index (χ3n) is 2.42. The average molecular weight is 233 g/mol. The van der Waals surface area contributed by atoms with Gasteiger partial charge >= 0.3 is 0 Å². The predicted molar refractivity (Wildman–Crippen MR) is 75.4 cm³/mol. The number of allylic oxidation sites excluding steroid dienone is 2. The second-order valence-corrected chi connectivity index (χ2v) is 4.34. The van der Waals surface area contributed by atoms with Crippen LogP contribution in [0.2, 0.25) is 0 Å². The van der Waals surface area contributed by atoms with Gasteiger partial charge in [-0.2, -0.15) is 0 Å². The van der Waals surface area contributed by atoms with Gasteiger partial charge in [-0.25, -0.2) is 0 Å². The Morgan fingerprint density at radius 1 is 1.12 bits per heavy atom. The van der Waals surface area contributed by atoms with Crippen LogP contribution in [0.25, 0.3) is 0 Å². The van der Waals surface area contributed by atoms with Crippen molar-refractivity contribution in [2.45, 2.75) is 42.0 Å². The molecule has 2 nitrogen and oxygen atoms in total. The summed E-state index contributed by atoms with van der Waals surface area (Å²) in [5.41, 5.74) is 5.64. The molecule has 1 N–H and O–H groups in total. The lowest BCUT2D eigenvalue weighted by atomic mass is 10.0. The smallest absolute Gasteiger partial charge is 0.154 e. The van der Waals surface area contributed by atoms with Crippen molar-refractivity contribution in [3.63, 3.8) is 0 Å². The molecule has 0 bridgehead atoms. The Morgan fingerprint density at radius 3 is 2.00 bits per heavy atom. The van der Waals surface area contributed by atoms with Gasteiger partial charge in [-0.3, -0.25) is 4.79 Å². The molecule has 1 aromatic rings. The van der Waals surface area contributed by atoms with Crippen LogP contribution in [-0.4, -0.2) is 5.78 Å². The zero-order valence-electron chi connectivity index (χ0n) is 10.6. The lowest BCUT2D eigenvalue weighted by Gasteiger charge is -2.13. The molecular weight excluding hydrogens is 210 g/mol. The number of ketones is 1. The van der Waals surface area contributed by atoms with Crippen molar-refractivity contribution in [3.05, 3.63) is 40.6 Å². The van der Waals surface area contributed by atoms with E-state index in [-0.39, 0.29) is 13.2 Å². The Kier molecular flexibility index (Phi) is 5.66. The van der Waals surface area contributed by atoms with E-state index < -0.39 is 0 Å². The second kappa shape index (κ2) is 6.24. The van der Waals surface area contributed by atoms with Crippen molar-refractivity contribution >= 4 is 11.5 Å². The predicted octanol–water partition coefficient (Wildman–Crippen LogP) is 4.15. The molecule has 0 aliphatic carbocycles. The van der Waals surface area contributed by atoms with Crippen LogP contribution in [0.3, 0.4) is 0 Å². The maximum Gasteiger partial charge on any atom is 0.154 e. The van der Waals surface area contributed by atoms with E-state index in [1.807, 2.05) is 6.92 Å². The van der Waals surface area contributed by atoms with E-state index in [9.17, 15) is 4.79 Å². The molecule has 0 aliphatic heterocycles. The minimum absolute atomic E-state index is 0. The van der Waals surface area contributed by atoms with Crippen molar-refractivity contribution in [3.8, 4) is 0 Å². The van der Waals surface area contributed by atoms with Gasteiger partial charge in [0.1, 0.15) is 0 Å². The first-order valence-electron chi connectivity index (χ1n) is 5.44. The molecular formula is C15H23NO. The van der Waals surface area contributed by atoms with E-state index in [2.05, 4.69) is 38.2 Å². The van der Waals surface area contributed by atoms with Crippen LogP contribution < -0.4 is 5.32 Å². The van der Waals surface area contributed by atoms with Gasteiger partial charge < -0.3 is 5.32 Å².